The fourth-order valence-corrected chi connectivity index (χ4v) is 3.95. The Kier molecular flexibility index (Phi) is 4.90. The first-order chi connectivity index (χ1) is 13.4. The molecule has 0 aliphatic carbocycles. The number of hydrogen-bond donors (Lipinski definition) is 2. The number of halogens is 1. The minimum Gasteiger partial charge on any atom is -0.348 e. The number of carbonyl (C=O) groups is 1. The Bertz CT molecular complexity index is 1030. The van der Waals surface area contributed by atoms with Crippen molar-refractivity contribution in [1.82, 2.24) is 24.8 Å². The van der Waals surface area contributed by atoms with Crippen LogP contribution in [0.1, 0.15) is 34.0 Å². The lowest BCUT2D eigenvalue weighted by atomic mass is 10.00. The zero-order chi connectivity index (χ0) is 19.8. The number of fused-ring (bicyclic) bond motifs is 1. The van der Waals surface area contributed by atoms with Crippen molar-refractivity contribution in [3.63, 3.8) is 0 Å². The van der Waals surface area contributed by atoms with E-state index in [0.717, 1.165) is 11.2 Å². The average molecular weight is 401 g/mol. The Hall–Kier alpha value is -2.72. The summed E-state index contributed by atoms with van der Waals surface area (Å²) >= 11 is 1.40. The van der Waals surface area contributed by atoms with Gasteiger partial charge in [0.05, 0.1) is 17.2 Å². The summed E-state index contributed by atoms with van der Waals surface area (Å²) in [5.74, 6) is 0.0426. The molecule has 10 heteroatoms. The van der Waals surface area contributed by atoms with Crippen molar-refractivity contribution < 1.29 is 9.18 Å². The van der Waals surface area contributed by atoms with Gasteiger partial charge in [0.25, 0.3) is 5.91 Å². The number of aromatic nitrogens is 4. The fourth-order valence-electron chi connectivity index (χ4n) is 3.11. The Morgan fingerprint density at radius 2 is 2.18 bits per heavy atom. The number of hydrogen-bond acceptors (Lipinski definition) is 8. The highest BCUT2D eigenvalue weighted by atomic mass is 32.1. The van der Waals surface area contributed by atoms with Crippen LogP contribution in [0, 0.1) is 18.7 Å². The van der Waals surface area contributed by atoms with E-state index >= 15 is 0 Å². The molecule has 8 nitrogen and oxygen atoms in total. The summed E-state index contributed by atoms with van der Waals surface area (Å²) < 4.78 is 14.1. The first-order valence-corrected chi connectivity index (χ1v) is 9.77. The van der Waals surface area contributed by atoms with E-state index in [1.165, 1.54) is 17.4 Å². The zero-order valence-corrected chi connectivity index (χ0v) is 16.3. The maximum atomic E-state index is 13.5. The highest BCUT2D eigenvalue weighted by Crippen LogP contribution is 2.28. The van der Waals surface area contributed by atoms with Crippen LogP contribution in [0.3, 0.4) is 0 Å². The third-order valence-electron chi connectivity index (χ3n) is 4.71. The second kappa shape index (κ2) is 7.36. The van der Waals surface area contributed by atoms with E-state index in [0.29, 0.717) is 47.2 Å². The maximum Gasteiger partial charge on any atom is 0.274 e. The summed E-state index contributed by atoms with van der Waals surface area (Å²) in [6.45, 7) is 5.54. The van der Waals surface area contributed by atoms with Gasteiger partial charge in [-0.15, -0.1) is 11.3 Å². The Morgan fingerprint density at radius 3 is 2.89 bits per heavy atom. The maximum absolute atomic E-state index is 13.5. The van der Waals surface area contributed by atoms with Gasteiger partial charge >= 0.3 is 0 Å². The molecule has 0 aromatic carbocycles. The van der Waals surface area contributed by atoms with Gasteiger partial charge in [0.15, 0.2) is 11.3 Å². The zero-order valence-electron chi connectivity index (χ0n) is 15.5. The molecule has 3 aromatic rings. The largest absolute Gasteiger partial charge is 0.348 e. The number of thiazole rings is 1. The Morgan fingerprint density at radius 1 is 1.39 bits per heavy atom. The van der Waals surface area contributed by atoms with Crippen LogP contribution < -0.4 is 11.1 Å². The van der Waals surface area contributed by atoms with Gasteiger partial charge in [0, 0.05) is 25.2 Å². The normalized spacial score (nSPS) is 15.5. The molecule has 0 spiro atoms. The van der Waals surface area contributed by atoms with Crippen molar-refractivity contribution in [2.24, 2.45) is 11.7 Å². The van der Waals surface area contributed by atoms with Gasteiger partial charge in [-0.25, -0.2) is 14.4 Å². The van der Waals surface area contributed by atoms with E-state index in [-0.39, 0.29) is 17.9 Å². The van der Waals surface area contributed by atoms with Crippen molar-refractivity contribution >= 4 is 33.5 Å². The molecule has 0 bridgehead atoms. The Balaban J connectivity index is 1.65. The van der Waals surface area contributed by atoms with E-state index in [2.05, 4.69) is 25.3 Å². The lowest BCUT2D eigenvalue weighted by molar-refractivity contribution is 0.0512. The molecule has 146 valence electrons. The molecule has 3 aromatic heterocycles. The standard InChI is InChI=1S/C18H20FN7OS/c1-9(12-3-13(19)6-21-5-12)22-18-24-14(15-16(25-18)23-10(2)28-15)17(27)26-7-11(4-20)8-26/h3,5-6,9,11H,4,7-8,20H2,1-2H3,(H,22,24,25)/t9-/m0/s1. The number of amides is 1. The Labute approximate surface area is 165 Å². The number of aryl methyl sites for hydroxylation is 1. The number of pyridine rings is 1. The lowest BCUT2D eigenvalue weighted by Crippen LogP contribution is -2.52. The topological polar surface area (TPSA) is 110 Å². The van der Waals surface area contributed by atoms with Crippen LogP contribution in [0.2, 0.25) is 0 Å². The van der Waals surface area contributed by atoms with Gasteiger partial charge in [-0.2, -0.15) is 4.98 Å². The smallest absolute Gasteiger partial charge is 0.274 e. The first kappa shape index (κ1) is 18.6. The van der Waals surface area contributed by atoms with E-state index in [1.807, 2.05) is 13.8 Å². The SMILES string of the molecule is Cc1nc2nc(N[C@@H](C)c3cncc(F)c3)nc(C(=O)N3CC(CN)C3)c2s1. The molecule has 1 amide bonds. The van der Waals surface area contributed by atoms with Crippen molar-refractivity contribution in [3.8, 4) is 0 Å². The molecule has 1 aliphatic heterocycles. The summed E-state index contributed by atoms with van der Waals surface area (Å²) in [5.41, 5.74) is 7.12. The molecule has 1 saturated heterocycles. The number of nitrogens with one attached hydrogen (secondary N) is 1. The number of carbonyl (C=O) groups excluding carboxylic acids is 1. The number of nitrogens with two attached hydrogens (primary N) is 1. The van der Waals surface area contributed by atoms with Gasteiger partial charge in [-0.3, -0.25) is 9.78 Å². The molecule has 1 atom stereocenters. The quantitative estimate of drug-likeness (QED) is 0.674. The number of nitrogens with zero attached hydrogens (tertiary/aromatic N) is 5. The summed E-state index contributed by atoms with van der Waals surface area (Å²) in [6, 6.07) is 1.10. The summed E-state index contributed by atoms with van der Waals surface area (Å²) in [5, 5.41) is 3.93. The summed E-state index contributed by atoms with van der Waals surface area (Å²) in [7, 11) is 0. The number of rotatable bonds is 5. The number of likely N-dealkylation sites (tertiary alicyclic amines) is 1. The average Bonchev–Trinajstić information content (AvgIpc) is 3.00. The minimum absolute atomic E-state index is 0.149. The van der Waals surface area contributed by atoms with Crippen molar-refractivity contribution in [3.05, 3.63) is 40.5 Å². The fraction of sp³-hybridized carbons (Fsp3) is 0.389. The number of anilines is 1. The van der Waals surface area contributed by atoms with Crippen LogP contribution in [-0.2, 0) is 0 Å². The molecule has 4 rings (SSSR count). The lowest BCUT2D eigenvalue weighted by Gasteiger charge is -2.38. The van der Waals surface area contributed by atoms with Gasteiger partial charge in [-0.1, -0.05) is 0 Å². The highest BCUT2D eigenvalue weighted by molar-refractivity contribution is 7.18. The molecule has 3 N–H and O–H groups in total. The molecular formula is C18H20FN7OS. The van der Waals surface area contributed by atoms with E-state index < -0.39 is 5.82 Å². The van der Waals surface area contributed by atoms with Crippen LogP contribution in [0.25, 0.3) is 10.3 Å². The first-order valence-electron chi connectivity index (χ1n) is 8.96. The van der Waals surface area contributed by atoms with Crippen LogP contribution in [0.4, 0.5) is 10.3 Å². The van der Waals surface area contributed by atoms with Crippen LogP contribution in [-0.4, -0.2) is 50.4 Å². The van der Waals surface area contributed by atoms with Crippen LogP contribution in [0.5, 0.6) is 0 Å². The third kappa shape index (κ3) is 3.52. The molecule has 0 unspecified atom stereocenters. The van der Waals surface area contributed by atoms with Gasteiger partial charge in [-0.05, 0) is 32.0 Å². The van der Waals surface area contributed by atoms with Gasteiger partial charge < -0.3 is 16.0 Å². The van der Waals surface area contributed by atoms with Gasteiger partial charge in [0.1, 0.15) is 10.5 Å². The van der Waals surface area contributed by atoms with Crippen molar-refractivity contribution in [2.45, 2.75) is 19.9 Å². The van der Waals surface area contributed by atoms with E-state index in [1.54, 1.807) is 11.1 Å². The molecule has 0 radical (unpaired) electrons. The molecule has 1 aliphatic rings. The second-order valence-electron chi connectivity index (χ2n) is 6.90. The monoisotopic (exact) mass is 401 g/mol. The predicted octanol–water partition coefficient (Wildman–Crippen LogP) is 2.13. The summed E-state index contributed by atoms with van der Waals surface area (Å²) in [4.78, 5) is 31.9. The third-order valence-corrected chi connectivity index (χ3v) is 5.68. The molecular weight excluding hydrogens is 381 g/mol. The van der Waals surface area contributed by atoms with Crippen molar-refractivity contribution in [2.75, 3.05) is 25.0 Å². The summed E-state index contributed by atoms with van der Waals surface area (Å²) in [6.07, 6.45) is 2.72. The van der Waals surface area contributed by atoms with Crippen LogP contribution in [0.15, 0.2) is 18.5 Å². The van der Waals surface area contributed by atoms with Gasteiger partial charge in [0.2, 0.25) is 5.95 Å². The minimum atomic E-state index is -0.416. The van der Waals surface area contributed by atoms with Crippen LogP contribution >= 0.6 is 11.3 Å². The van der Waals surface area contributed by atoms with E-state index in [9.17, 15) is 9.18 Å². The highest BCUT2D eigenvalue weighted by Gasteiger charge is 2.32. The molecule has 28 heavy (non-hydrogen) atoms. The predicted molar refractivity (Wildman–Crippen MR) is 105 cm³/mol. The van der Waals surface area contributed by atoms with Crippen molar-refractivity contribution in [1.29, 1.82) is 0 Å². The molecule has 1 fully saturated rings. The molecule has 4 heterocycles. The van der Waals surface area contributed by atoms with E-state index in [4.69, 9.17) is 5.73 Å². The second-order valence-corrected chi connectivity index (χ2v) is 8.10. The molecule has 0 saturated carbocycles.